The Morgan fingerprint density at radius 3 is 1.08 bits per heavy atom. The molecule has 0 N–H and O–H groups in total. The minimum Gasteiger partial charge on any atom is -0.744 e. The second kappa shape index (κ2) is 13.0. The number of benzene rings is 4. The van der Waals surface area contributed by atoms with Gasteiger partial charge in [0, 0.05) is 0 Å². The number of hydrogen-bond donors (Lipinski definition) is 0. The van der Waals surface area contributed by atoms with Gasteiger partial charge in [0.05, 0.1) is 9.79 Å². The third kappa shape index (κ3) is 6.92. The Balaban J connectivity index is 0.000000253. The molecule has 0 aromatic heterocycles. The van der Waals surface area contributed by atoms with Crippen LogP contribution in [0.5, 0.6) is 0 Å². The van der Waals surface area contributed by atoms with E-state index in [-0.39, 0.29) is 47.5 Å². The largest absolute Gasteiger partial charge is 2.00 e. The molecule has 0 saturated carbocycles. The molecule has 192 valence electrons. The summed E-state index contributed by atoms with van der Waals surface area (Å²) in [6.45, 7) is 8.08. The van der Waals surface area contributed by atoms with E-state index in [1.165, 1.54) is 12.1 Å². The van der Waals surface area contributed by atoms with Gasteiger partial charge in [0.1, 0.15) is 20.2 Å². The van der Waals surface area contributed by atoms with E-state index in [2.05, 4.69) is 0 Å². The standard InChI is InChI=1S/2C14H16O3S.Ca/c2*1-3-10-6-5-7-12-13(18(15,16)17)9-8-11(4-2)14(10)12;/h2*5-9H,3-4H2,1-2H3,(H,15,16,17);/q;;+2/p-2. The SMILES string of the molecule is CCc1cccc2c(S(=O)(=O)[O-])ccc(CC)c12.CCc1cccc2c(S(=O)(=O)[O-])ccc(CC)c12.[Ca+2]. The predicted octanol–water partition coefficient (Wildman–Crippen LogP) is 5.36. The molecule has 4 aromatic rings. The number of fused-ring (bicyclic) bond motifs is 2. The summed E-state index contributed by atoms with van der Waals surface area (Å²) in [5.41, 5.74) is 4.31. The Hall–Kier alpha value is -1.52. The molecule has 0 heterocycles. The predicted molar refractivity (Wildman–Crippen MR) is 147 cm³/mol. The average molecular weight is 567 g/mol. The third-order valence-corrected chi connectivity index (χ3v) is 8.20. The first kappa shape index (κ1) is 31.7. The maximum absolute atomic E-state index is 11.3. The van der Waals surface area contributed by atoms with Crippen molar-refractivity contribution in [1.29, 1.82) is 0 Å². The number of rotatable bonds is 6. The van der Waals surface area contributed by atoms with Gasteiger partial charge in [0.25, 0.3) is 0 Å². The first-order chi connectivity index (χ1) is 17.0. The second-order valence-electron chi connectivity index (χ2n) is 8.45. The molecule has 0 saturated heterocycles. The van der Waals surface area contributed by atoms with Gasteiger partial charge in [-0.3, -0.25) is 0 Å². The van der Waals surface area contributed by atoms with Crippen LogP contribution in [0.25, 0.3) is 21.5 Å². The summed E-state index contributed by atoms with van der Waals surface area (Å²) in [7, 11) is -8.86. The summed E-state index contributed by atoms with van der Waals surface area (Å²) < 4.78 is 67.7. The van der Waals surface area contributed by atoms with E-state index >= 15 is 0 Å². The summed E-state index contributed by atoms with van der Waals surface area (Å²) in [6, 6.07) is 17.3. The molecule has 6 nitrogen and oxygen atoms in total. The molecular weight excluding hydrogens is 537 g/mol. The molecule has 0 unspecified atom stereocenters. The fourth-order valence-corrected chi connectivity index (χ4v) is 6.03. The molecule has 0 aliphatic rings. The third-order valence-electron chi connectivity index (χ3n) is 6.41. The van der Waals surface area contributed by atoms with Crippen molar-refractivity contribution in [3.8, 4) is 0 Å². The Morgan fingerprint density at radius 2 is 0.811 bits per heavy atom. The first-order valence-corrected chi connectivity index (χ1v) is 14.8. The van der Waals surface area contributed by atoms with Crippen molar-refractivity contribution in [2.24, 2.45) is 0 Å². The van der Waals surface area contributed by atoms with Crippen LogP contribution in [-0.4, -0.2) is 63.7 Å². The van der Waals surface area contributed by atoms with Gasteiger partial charge in [-0.2, -0.15) is 0 Å². The molecule has 4 aromatic carbocycles. The molecule has 0 aliphatic carbocycles. The van der Waals surface area contributed by atoms with Crippen LogP contribution in [0.4, 0.5) is 0 Å². The van der Waals surface area contributed by atoms with Gasteiger partial charge in [-0.05, 0) is 81.6 Å². The van der Waals surface area contributed by atoms with Gasteiger partial charge in [0.15, 0.2) is 0 Å². The Labute approximate surface area is 249 Å². The topological polar surface area (TPSA) is 114 Å². The van der Waals surface area contributed by atoms with Crippen molar-refractivity contribution in [1.82, 2.24) is 0 Å². The maximum Gasteiger partial charge on any atom is 2.00 e. The van der Waals surface area contributed by atoms with Crippen LogP contribution in [-0.2, 0) is 45.9 Å². The summed E-state index contributed by atoms with van der Waals surface area (Å²) in [5.74, 6) is 0. The molecule has 0 spiro atoms. The second-order valence-corrected chi connectivity index (χ2v) is 11.1. The van der Waals surface area contributed by atoms with E-state index in [1.54, 1.807) is 36.4 Å². The van der Waals surface area contributed by atoms with Gasteiger partial charge in [-0.1, -0.05) is 76.2 Å². The van der Waals surface area contributed by atoms with Crippen molar-refractivity contribution in [3.05, 3.63) is 82.9 Å². The van der Waals surface area contributed by atoms with Crippen LogP contribution in [0, 0.1) is 0 Å². The number of aryl methyl sites for hydroxylation is 4. The number of hydrogen-bond acceptors (Lipinski definition) is 6. The molecule has 4 rings (SSSR count). The Morgan fingerprint density at radius 1 is 0.514 bits per heavy atom. The van der Waals surface area contributed by atoms with E-state index in [0.717, 1.165) is 58.7 Å². The zero-order chi connectivity index (χ0) is 26.7. The molecule has 0 bridgehead atoms. The van der Waals surface area contributed by atoms with Crippen molar-refractivity contribution in [2.45, 2.75) is 63.2 Å². The van der Waals surface area contributed by atoms with Crippen molar-refractivity contribution in [2.75, 3.05) is 0 Å². The molecule has 0 fully saturated rings. The first-order valence-electron chi connectivity index (χ1n) is 12.0. The Kier molecular flexibility index (Phi) is 11.2. The van der Waals surface area contributed by atoms with E-state index in [4.69, 9.17) is 0 Å². The molecule has 0 amide bonds. The zero-order valence-electron chi connectivity index (χ0n) is 21.6. The van der Waals surface area contributed by atoms with Crippen molar-refractivity contribution < 1.29 is 25.9 Å². The summed E-state index contributed by atoms with van der Waals surface area (Å²) in [4.78, 5) is -0.241. The van der Waals surface area contributed by atoms with Crippen LogP contribution < -0.4 is 0 Å². The van der Waals surface area contributed by atoms with E-state index in [1.807, 2.05) is 39.8 Å². The van der Waals surface area contributed by atoms with Crippen LogP contribution in [0.15, 0.2) is 70.5 Å². The summed E-state index contributed by atoms with van der Waals surface area (Å²) >= 11 is 0. The van der Waals surface area contributed by atoms with Gasteiger partial charge in [0.2, 0.25) is 0 Å². The normalized spacial score (nSPS) is 11.6. The van der Waals surface area contributed by atoms with Crippen LogP contribution in [0.2, 0.25) is 0 Å². The zero-order valence-corrected chi connectivity index (χ0v) is 25.4. The smallest absolute Gasteiger partial charge is 0.744 e. The quantitative estimate of drug-likeness (QED) is 0.229. The van der Waals surface area contributed by atoms with Crippen LogP contribution in [0.3, 0.4) is 0 Å². The average Bonchev–Trinajstić information content (AvgIpc) is 2.85. The Bertz CT molecular complexity index is 1480. The van der Waals surface area contributed by atoms with E-state index in [0.29, 0.717) is 10.8 Å². The minimum absolute atomic E-state index is 0. The van der Waals surface area contributed by atoms with Gasteiger partial charge in [-0.15, -0.1) is 0 Å². The molecule has 0 aliphatic heterocycles. The molecule has 9 heteroatoms. The van der Waals surface area contributed by atoms with E-state index < -0.39 is 20.2 Å². The molecular formula is C28H30CaO6S2. The monoisotopic (exact) mass is 566 g/mol. The van der Waals surface area contributed by atoms with Crippen molar-refractivity contribution in [3.63, 3.8) is 0 Å². The van der Waals surface area contributed by atoms with Crippen LogP contribution in [0.1, 0.15) is 49.9 Å². The summed E-state index contributed by atoms with van der Waals surface area (Å²) in [6.07, 6.45) is 3.25. The maximum atomic E-state index is 11.3. The van der Waals surface area contributed by atoms with Crippen LogP contribution >= 0.6 is 0 Å². The van der Waals surface area contributed by atoms with Crippen molar-refractivity contribution >= 4 is 79.5 Å². The summed E-state index contributed by atoms with van der Waals surface area (Å²) in [5, 5.41) is 2.92. The minimum atomic E-state index is -4.43. The van der Waals surface area contributed by atoms with Gasteiger partial charge < -0.3 is 9.11 Å². The van der Waals surface area contributed by atoms with E-state index in [9.17, 15) is 25.9 Å². The molecule has 0 atom stereocenters. The van der Waals surface area contributed by atoms with Gasteiger partial charge in [-0.25, -0.2) is 16.8 Å². The van der Waals surface area contributed by atoms with Gasteiger partial charge >= 0.3 is 37.7 Å². The fourth-order valence-electron chi connectivity index (χ4n) is 4.68. The fraction of sp³-hybridized carbons (Fsp3) is 0.286. The molecule has 0 radical (unpaired) electrons. The molecule has 37 heavy (non-hydrogen) atoms.